The third kappa shape index (κ3) is 2.69. The van der Waals surface area contributed by atoms with Gasteiger partial charge in [-0.15, -0.1) is 0 Å². The van der Waals surface area contributed by atoms with Gasteiger partial charge in [-0.3, -0.25) is 4.79 Å². The first-order chi connectivity index (χ1) is 8.20. The van der Waals surface area contributed by atoms with Crippen molar-refractivity contribution in [3.05, 3.63) is 47.1 Å². The van der Waals surface area contributed by atoms with E-state index in [1.54, 1.807) is 12.1 Å². The minimum Gasteiger partial charge on any atom is -0.467 e. The number of halogens is 1. The molecule has 3 N–H and O–H groups in total. The van der Waals surface area contributed by atoms with Crippen LogP contribution >= 0.6 is 11.6 Å². The molecular formula is C11H11ClN2O3. The zero-order valence-electron chi connectivity index (χ0n) is 8.81. The first-order valence-electron chi connectivity index (χ1n) is 4.99. The Kier molecular flexibility index (Phi) is 3.51. The van der Waals surface area contributed by atoms with Crippen molar-refractivity contribution in [3.63, 3.8) is 0 Å². The molecule has 0 aliphatic rings. The quantitative estimate of drug-likeness (QED) is 0.777. The molecule has 17 heavy (non-hydrogen) atoms. The number of amides is 1. The second-order valence-electron chi connectivity index (χ2n) is 3.46. The van der Waals surface area contributed by atoms with Crippen LogP contribution in [0.1, 0.15) is 22.3 Å². The number of aliphatic hydroxyl groups excluding tert-OH is 1. The Morgan fingerprint density at radius 2 is 2.47 bits per heavy atom. The van der Waals surface area contributed by atoms with Gasteiger partial charge in [-0.25, -0.2) is 0 Å². The molecule has 6 heteroatoms. The lowest BCUT2D eigenvalue weighted by molar-refractivity contribution is 0.0903. The van der Waals surface area contributed by atoms with E-state index in [4.69, 9.17) is 16.0 Å². The predicted octanol–water partition coefficient (Wildman–Crippen LogP) is 1.72. The number of carbonyl (C=O) groups is 1. The van der Waals surface area contributed by atoms with Gasteiger partial charge in [-0.05, 0) is 18.2 Å². The number of aliphatic hydroxyl groups is 1. The predicted molar refractivity (Wildman–Crippen MR) is 61.8 cm³/mol. The van der Waals surface area contributed by atoms with Gasteiger partial charge >= 0.3 is 0 Å². The second-order valence-corrected chi connectivity index (χ2v) is 3.89. The fraction of sp³-hybridized carbons (Fsp3) is 0.182. The first kappa shape index (κ1) is 11.8. The van der Waals surface area contributed by atoms with Crippen molar-refractivity contribution in [1.82, 2.24) is 10.3 Å². The molecule has 0 aromatic carbocycles. The average molecular weight is 255 g/mol. The topological polar surface area (TPSA) is 78.3 Å². The molecule has 0 saturated heterocycles. The van der Waals surface area contributed by atoms with Crippen LogP contribution in [0.4, 0.5) is 0 Å². The molecule has 0 aliphatic heterocycles. The van der Waals surface area contributed by atoms with Crippen molar-refractivity contribution < 1.29 is 14.3 Å². The van der Waals surface area contributed by atoms with E-state index < -0.39 is 6.04 Å². The van der Waals surface area contributed by atoms with Crippen molar-refractivity contribution in [3.8, 4) is 0 Å². The summed E-state index contributed by atoms with van der Waals surface area (Å²) in [4.78, 5) is 14.5. The van der Waals surface area contributed by atoms with E-state index in [0.29, 0.717) is 16.5 Å². The molecular weight excluding hydrogens is 244 g/mol. The highest BCUT2D eigenvalue weighted by atomic mass is 35.5. The zero-order chi connectivity index (χ0) is 12.3. The standard InChI is InChI=1S/C11H11ClN2O3/c12-7-4-8(13-5-7)11(16)14-9(6-15)10-2-1-3-17-10/h1-5,9,13,15H,6H2,(H,14,16). The second kappa shape index (κ2) is 5.07. The maximum Gasteiger partial charge on any atom is 0.268 e. The molecule has 1 unspecified atom stereocenters. The van der Waals surface area contributed by atoms with Gasteiger partial charge in [0.15, 0.2) is 0 Å². The third-order valence-electron chi connectivity index (χ3n) is 2.27. The highest BCUT2D eigenvalue weighted by Crippen LogP contribution is 2.14. The number of rotatable bonds is 4. The summed E-state index contributed by atoms with van der Waals surface area (Å²) in [6, 6.07) is 4.31. The van der Waals surface area contributed by atoms with Gasteiger partial charge in [0.25, 0.3) is 5.91 Å². The molecule has 2 heterocycles. The Morgan fingerprint density at radius 1 is 1.65 bits per heavy atom. The summed E-state index contributed by atoms with van der Waals surface area (Å²) in [7, 11) is 0. The van der Waals surface area contributed by atoms with Gasteiger partial charge in [-0.2, -0.15) is 0 Å². The molecule has 1 atom stereocenters. The first-order valence-corrected chi connectivity index (χ1v) is 5.37. The number of hydrogen-bond acceptors (Lipinski definition) is 3. The summed E-state index contributed by atoms with van der Waals surface area (Å²) >= 11 is 5.70. The summed E-state index contributed by atoms with van der Waals surface area (Å²) in [5.74, 6) is 0.144. The number of nitrogens with one attached hydrogen (secondary N) is 2. The van der Waals surface area contributed by atoms with E-state index in [0.717, 1.165) is 0 Å². The van der Waals surface area contributed by atoms with Gasteiger partial charge in [-0.1, -0.05) is 11.6 Å². The monoisotopic (exact) mass is 254 g/mol. The molecule has 0 spiro atoms. The Bertz CT molecular complexity index is 493. The van der Waals surface area contributed by atoms with E-state index in [1.807, 2.05) is 0 Å². The van der Waals surface area contributed by atoms with E-state index >= 15 is 0 Å². The van der Waals surface area contributed by atoms with Crippen LogP contribution in [0.25, 0.3) is 0 Å². The molecule has 0 radical (unpaired) electrons. The maximum absolute atomic E-state index is 11.8. The van der Waals surface area contributed by atoms with Gasteiger partial charge in [0.2, 0.25) is 0 Å². The summed E-state index contributed by atoms with van der Waals surface area (Å²) in [5, 5.41) is 12.3. The smallest absolute Gasteiger partial charge is 0.268 e. The molecule has 0 bridgehead atoms. The van der Waals surface area contributed by atoms with Gasteiger partial charge in [0.1, 0.15) is 17.5 Å². The summed E-state index contributed by atoms with van der Waals surface area (Å²) in [6.45, 7) is -0.242. The minimum atomic E-state index is -0.570. The Hall–Kier alpha value is -1.72. The van der Waals surface area contributed by atoms with Crippen LogP contribution in [0, 0.1) is 0 Å². The highest BCUT2D eigenvalue weighted by molar-refractivity contribution is 6.30. The van der Waals surface area contributed by atoms with Gasteiger partial charge in [0.05, 0.1) is 17.9 Å². The molecule has 0 fully saturated rings. The van der Waals surface area contributed by atoms with Crippen molar-refractivity contribution >= 4 is 17.5 Å². The van der Waals surface area contributed by atoms with Crippen LogP contribution in [0.3, 0.4) is 0 Å². The van der Waals surface area contributed by atoms with Gasteiger partial charge < -0.3 is 19.8 Å². The van der Waals surface area contributed by atoms with Crippen LogP contribution in [-0.2, 0) is 0 Å². The number of aromatic nitrogens is 1. The number of H-pyrrole nitrogens is 1. The molecule has 90 valence electrons. The summed E-state index contributed by atoms with van der Waals surface area (Å²) < 4.78 is 5.12. The van der Waals surface area contributed by atoms with Crippen LogP contribution < -0.4 is 5.32 Å². The van der Waals surface area contributed by atoms with Crippen molar-refractivity contribution in [2.45, 2.75) is 6.04 Å². The lowest BCUT2D eigenvalue weighted by Gasteiger charge is -2.12. The van der Waals surface area contributed by atoms with Crippen LogP contribution in [0.2, 0.25) is 5.02 Å². The molecule has 1 amide bonds. The Labute approximate surface area is 102 Å². The van der Waals surface area contributed by atoms with E-state index in [-0.39, 0.29) is 12.5 Å². The lowest BCUT2D eigenvalue weighted by Crippen LogP contribution is -2.30. The van der Waals surface area contributed by atoms with E-state index in [9.17, 15) is 9.90 Å². The molecule has 2 rings (SSSR count). The van der Waals surface area contributed by atoms with Crippen LogP contribution in [0.15, 0.2) is 35.1 Å². The lowest BCUT2D eigenvalue weighted by atomic mass is 10.2. The van der Waals surface area contributed by atoms with E-state index in [1.165, 1.54) is 18.5 Å². The molecule has 0 saturated carbocycles. The molecule has 2 aromatic heterocycles. The summed E-state index contributed by atoms with van der Waals surface area (Å²) in [5.41, 5.74) is 0.333. The Morgan fingerprint density at radius 3 is 3.00 bits per heavy atom. The van der Waals surface area contributed by atoms with E-state index in [2.05, 4.69) is 10.3 Å². The highest BCUT2D eigenvalue weighted by Gasteiger charge is 2.17. The van der Waals surface area contributed by atoms with Crippen molar-refractivity contribution in [1.29, 1.82) is 0 Å². The zero-order valence-corrected chi connectivity index (χ0v) is 9.57. The largest absolute Gasteiger partial charge is 0.467 e. The number of carbonyl (C=O) groups excluding carboxylic acids is 1. The van der Waals surface area contributed by atoms with Gasteiger partial charge in [0, 0.05) is 6.20 Å². The third-order valence-corrected chi connectivity index (χ3v) is 2.49. The number of hydrogen-bond donors (Lipinski definition) is 3. The number of aromatic amines is 1. The van der Waals surface area contributed by atoms with Crippen molar-refractivity contribution in [2.75, 3.05) is 6.61 Å². The van der Waals surface area contributed by atoms with Crippen LogP contribution in [0.5, 0.6) is 0 Å². The summed E-state index contributed by atoms with van der Waals surface area (Å²) in [6.07, 6.45) is 2.99. The van der Waals surface area contributed by atoms with Crippen molar-refractivity contribution in [2.24, 2.45) is 0 Å². The fourth-order valence-corrected chi connectivity index (χ4v) is 1.59. The normalized spacial score (nSPS) is 12.4. The SMILES string of the molecule is O=C(NC(CO)c1ccco1)c1cc(Cl)c[nH]1. The Balaban J connectivity index is 2.07. The molecule has 2 aromatic rings. The molecule has 5 nitrogen and oxygen atoms in total. The fourth-order valence-electron chi connectivity index (χ4n) is 1.43. The minimum absolute atomic E-state index is 0.242. The molecule has 0 aliphatic carbocycles. The average Bonchev–Trinajstić information content (AvgIpc) is 2.96. The number of furan rings is 1. The maximum atomic E-state index is 11.8. The van der Waals surface area contributed by atoms with Crippen LogP contribution in [-0.4, -0.2) is 22.6 Å².